The summed E-state index contributed by atoms with van der Waals surface area (Å²) in [5.74, 6) is 2.07. The quantitative estimate of drug-likeness (QED) is 0.398. The number of primary amides is 1. The van der Waals surface area contributed by atoms with Crippen LogP contribution in [0.4, 0.5) is 4.79 Å². The summed E-state index contributed by atoms with van der Waals surface area (Å²) in [6, 6.07) is 11.8. The molecule has 0 atom stereocenters. The van der Waals surface area contributed by atoms with Crippen molar-refractivity contribution in [3.8, 4) is 17.2 Å². The number of hydrogen-bond donors (Lipinski definition) is 2. The van der Waals surface area contributed by atoms with Crippen LogP contribution in [-0.4, -0.2) is 32.6 Å². The van der Waals surface area contributed by atoms with Gasteiger partial charge in [-0.05, 0) is 30.3 Å². The number of hydrogen-bond acceptors (Lipinski definition) is 5. The highest BCUT2D eigenvalue weighted by Crippen LogP contribution is 2.22. The molecule has 3 N–H and O–H groups in total. The first kappa shape index (κ1) is 19.4. The van der Waals surface area contributed by atoms with E-state index in [0.717, 1.165) is 11.5 Å². The number of ether oxygens (including phenoxy) is 3. The number of benzene rings is 2. The number of amides is 2. The van der Waals surface area contributed by atoms with Crippen molar-refractivity contribution in [2.24, 2.45) is 10.8 Å². The lowest BCUT2D eigenvalue weighted by Crippen LogP contribution is -2.24. The maximum Gasteiger partial charge on any atom is 0.332 e. The number of rotatable bonds is 9. The molecule has 2 aromatic carbocycles. The minimum atomic E-state index is -0.750. The zero-order valence-corrected chi connectivity index (χ0v) is 15.0. The third-order valence-electron chi connectivity index (χ3n) is 3.21. The molecule has 2 amide bonds. The lowest BCUT2D eigenvalue weighted by molar-refractivity contribution is 0.246. The smallest absolute Gasteiger partial charge is 0.332 e. The number of nitrogens with zero attached hydrogens (tertiary/aromatic N) is 1. The summed E-state index contributed by atoms with van der Waals surface area (Å²) in [6.07, 6.45) is 2.09. The van der Waals surface area contributed by atoms with Gasteiger partial charge in [0.25, 0.3) is 0 Å². The molecule has 0 unspecified atom stereocenters. The Hall–Kier alpha value is -2.93. The van der Waals surface area contributed by atoms with Crippen molar-refractivity contribution < 1.29 is 19.0 Å². The lowest BCUT2D eigenvalue weighted by atomic mass is 10.2. The van der Waals surface area contributed by atoms with Gasteiger partial charge < -0.3 is 19.9 Å². The fourth-order valence-corrected chi connectivity index (χ4v) is 2.22. The number of hydrazone groups is 1. The van der Waals surface area contributed by atoms with E-state index >= 15 is 0 Å². The van der Waals surface area contributed by atoms with Crippen LogP contribution in [-0.2, 0) is 0 Å². The summed E-state index contributed by atoms with van der Waals surface area (Å²) in [5, 5.41) is 4.25. The van der Waals surface area contributed by atoms with E-state index in [4.69, 9.17) is 31.5 Å². The Kier molecular flexibility index (Phi) is 7.57. The first-order valence-electron chi connectivity index (χ1n) is 7.86. The Morgan fingerprint density at radius 1 is 1.19 bits per heavy atom. The highest BCUT2D eigenvalue weighted by atomic mass is 35.5. The van der Waals surface area contributed by atoms with E-state index in [1.807, 2.05) is 24.3 Å². The van der Waals surface area contributed by atoms with Gasteiger partial charge in [0.15, 0.2) is 0 Å². The van der Waals surface area contributed by atoms with Crippen LogP contribution in [0, 0.1) is 0 Å². The van der Waals surface area contributed by atoms with E-state index in [9.17, 15) is 4.79 Å². The minimum absolute atomic E-state index is 0.440. The predicted octanol–water partition coefficient (Wildman–Crippen LogP) is 3.20. The van der Waals surface area contributed by atoms with Gasteiger partial charge in [-0.25, -0.2) is 10.2 Å². The summed E-state index contributed by atoms with van der Waals surface area (Å²) >= 11 is 5.98. The number of carbonyl (C=O) groups is 1. The minimum Gasteiger partial charge on any atom is -0.497 e. The molecule has 7 nitrogen and oxygen atoms in total. The fraction of sp³-hybridized carbons (Fsp3) is 0.222. The molecule has 2 rings (SSSR count). The first-order valence-corrected chi connectivity index (χ1v) is 8.24. The molecule has 138 valence electrons. The summed E-state index contributed by atoms with van der Waals surface area (Å²) in [6.45, 7) is 0.934. The van der Waals surface area contributed by atoms with E-state index in [1.54, 1.807) is 25.3 Å². The van der Waals surface area contributed by atoms with Crippen LogP contribution in [0.2, 0.25) is 5.02 Å². The van der Waals surface area contributed by atoms with Crippen molar-refractivity contribution in [2.75, 3.05) is 20.3 Å². The average Bonchev–Trinajstić information content (AvgIpc) is 2.63. The molecule has 0 saturated heterocycles. The third-order valence-corrected chi connectivity index (χ3v) is 3.44. The van der Waals surface area contributed by atoms with E-state index in [0.29, 0.717) is 36.0 Å². The van der Waals surface area contributed by atoms with Gasteiger partial charge in [-0.1, -0.05) is 17.7 Å². The molecule has 26 heavy (non-hydrogen) atoms. The van der Waals surface area contributed by atoms with Crippen LogP contribution in [0.1, 0.15) is 12.0 Å². The highest BCUT2D eigenvalue weighted by Gasteiger charge is 2.04. The molecular weight excluding hydrogens is 358 g/mol. The second-order valence-corrected chi connectivity index (χ2v) is 5.58. The van der Waals surface area contributed by atoms with E-state index < -0.39 is 6.03 Å². The first-order chi connectivity index (χ1) is 12.6. The molecule has 0 radical (unpaired) electrons. The molecule has 0 aliphatic rings. The monoisotopic (exact) mass is 377 g/mol. The highest BCUT2D eigenvalue weighted by molar-refractivity contribution is 6.30. The molecule has 0 spiro atoms. The molecule has 0 fully saturated rings. The number of carbonyl (C=O) groups excluding carboxylic acids is 1. The van der Waals surface area contributed by atoms with Crippen LogP contribution in [0.3, 0.4) is 0 Å². The molecule has 0 heterocycles. The van der Waals surface area contributed by atoms with Crippen molar-refractivity contribution in [1.82, 2.24) is 5.43 Å². The van der Waals surface area contributed by atoms with Crippen molar-refractivity contribution in [1.29, 1.82) is 0 Å². The van der Waals surface area contributed by atoms with Gasteiger partial charge in [0, 0.05) is 23.1 Å². The third kappa shape index (κ3) is 6.52. The van der Waals surface area contributed by atoms with E-state index in [-0.39, 0.29) is 0 Å². The van der Waals surface area contributed by atoms with Crippen molar-refractivity contribution >= 4 is 23.8 Å². The topological polar surface area (TPSA) is 95.2 Å². The van der Waals surface area contributed by atoms with Crippen LogP contribution >= 0.6 is 11.6 Å². The molecular formula is C18H20ClN3O4. The average molecular weight is 378 g/mol. The lowest BCUT2D eigenvalue weighted by Gasteiger charge is -2.11. The molecule has 0 saturated carbocycles. The second kappa shape index (κ2) is 10.1. The normalized spacial score (nSPS) is 10.5. The zero-order chi connectivity index (χ0) is 18.8. The number of nitrogens with two attached hydrogens (primary N) is 1. The molecule has 2 aromatic rings. The van der Waals surface area contributed by atoms with Crippen LogP contribution in [0.25, 0.3) is 0 Å². The molecule has 0 aliphatic heterocycles. The maximum atomic E-state index is 10.7. The van der Waals surface area contributed by atoms with Crippen molar-refractivity contribution in [3.05, 3.63) is 53.1 Å². The molecule has 0 aromatic heterocycles. The second-order valence-electron chi connectivity index (χ2n) is 5.15. The summed E-state index contributed by atoms with van der Waals surface area (Å²) in [4.78, 5) is 10.7. The van der Waals surface area contributed by atoms with Crippen molar-refractivity contribution in [2.45, 2.75) is 6.42 Å². The van der Waals surface area contributed by atoms with Crippen molar-refractivity contribution in [3.63, 3.8) is 0 Å². The molecule has 0 aliphatic carbocycles. The van der Waals surface area contributed by atoms with E-state index in [2.05, 4.69) is 10.5 Å². The summed E-state index contributed by atoms with van der Waals surface area (Å²) in [5.41, 5.74) is 7.71. The SMILES string of the molecule is COc1cccc(OCCCOc2ccc(Cl)cc2/C=N\NC(N)=O)c1. The van der Waals surface area contributed by atoms with Gasteiger partial charge in [-0.3, -0.25) is 0 Å². The van der Waals surface area contributed by atoms with Crippen LogP contribution in [0.15, 0.2) is 47.6 Å². The molecule has 0 bridgehead atoms. The predicted molar refractivity (Wildman–Crippen MR) is 100 cm³/mol. The standard InChI is InChI=1S/C18H20ClN3O4/c1-24-15-4-2-5-16(11-15)25-8-3-9-26-17-7-6-14(19)10-13(17)12-21-22-18(20)23/h2,4-7,10-12H,3,8-9H2,1H3,(H3,20,22,23)/b21-12-. The molecule has 8 heteroatoms. The van der Waals surface area contributed by atoms with Gasteiger partial charge >= 0.3 is 6.03 Å². The summed E-state index contributed by atoms with van der Waals surface area (Å²) in [7, 11) is 1.61. The van der Waals surface area contributed by atoms with Gasteiger partial charge in [0.2, 0.25) is 0 Å². The fourth-order valence-electron chi connectivity index (χ4n) is 2.04. The largest absolute Gasteiger partial charge is 0.497 e. The van der Waals surface area contributed by atoms with Gasteiger partial charge in [0.05, 0.1) is 26.5 Å². The summed E-state index contributed by atoms with van der Waals surface area (Å²) < 4.78 is 16.5. The van der Waals surface area contributed by atoms with Crippen LogP contribution in [0.5, 0.6) is 17.2 Å². The maximum absolute atomic E-state index is 10.7. The zero-order valence-electron chi connectivity index (χ0n) is 14.3. The number of methoxy groups -OCH3 is 1. The Morgan fingerprint density at radius 2 is 1.96 bits per heavy atom. The van der Waals surface area contributed by atoms with Gasteiger partial charge in [0.1, 0.15) is 17.2 Å². The Balaban J connectivity index is 1.83. The van der Waals surface area contributed by atoms with Gasteiger partial charge in [-0.2, -0.15) is 5.10 Å². The number of nitrogens with one attached hydrogen (secondary N) is 1. The van der Waals surface area contributed by atoms with Crippen LogP contribution < -0.4 is 25.4 Å². The Morgan fingerprint density at radius 3 is 2.73 bits per heavy atom. The Bertz CT molecular complexity index is 768. The Labute approximate surface area is 156 Å². The van der Waals surface area contributed by atoms with Gasteiger partial charge in [-0.15, -0.1) is 0 Å². The number of urea groups is 1. The number of halogens is 1. The van der Waals surface area contributed by atoms with E-state index in [1.165, 1.54) is 6.21 Å².